The van der Waals surface area contributed by atoms with Crippen LogP contribution in [-0.4, -0.2) is 37.7 Å². The van der Waals surface area contributed by atoms with Gasteiger partial charge in [0.1, 0.15) is 5.54 Å². The van der Waals surface area contributed by atoms with E-state index >= 15 is 0 Å². The van der Waals surface area contributed by atoms with E-state index < -0.39 is 32.9 Å². The molecule has 2 N–H and O–H groups in total. The fourth-order valence-corrected chi connectivity index (χ4v) is 3.53. The molecule has 2 fully saturated rings. The van der Waals surface area contributed by atoms with Crippen molar-refractivity contribution in [1.29, 1.82) is 0 Å². The summed E-state index contributed by atoms with van der Waals surface area (Å²) < 4.78 is 37.3. The zero-order valence-corrected chi connectivity index (χ0v) is 11.4. The van der Waals surface area contributed by atoms with Crippen LogP contribution in [0.5, 0.6) is 0 Å². The van der Waals surface area contributed by atoms with Crippen LogP contribution in [0.1, 0.15) is 32.6 Å². The molecule has 0 heterocycles. The molecule has 6 nitrogen and oxygen atoms in total. The van der Waals surface area contributed by atoms with Crippen LogP contribution in [0.25, 0.3) is 0 Å². The van der Waals surface area contributed by atoms with Gasteiger partial charge in [-0.3, -0.25) is 18.7 Å². The zero-order valence-electron chi connectivity index (χ0n) is 10.6. The fourth-order valence-electron chi connectivity index (χ4n) is 2.22. The van der Waals surface area contributed by atoms with E-state index in [9.17, 15) is 22.4 Å². The SMILES string of the molecule is CC1(S(=O)(=O)NC(=O)C2(NC=O)CC2CCF)CC1. The second-order valence-electron chi connectivity index (χ2n) is 5.50. The monoisotopic (exact) mass is 292 g/mol. The second kappa shape index (κ2) is 4.43. The lowest BCUT2D eigenvalue weighted by Crippen LogP contribution is -2.51. The van der Waals surface area contributed by atoms with Gasteiger partial charge in [-0.15, -0.1) is 0 Å². The maximum absolute atomic E-state index is 12.3. The maximum Gasteiger partial charge on any atom is 0.259 e. The summed E-state index contributed by atoms with van der Waals surface area (Å²) in [5.74, 6) is -1.10. The molecule has 0 aromatic rings. The Morgan fingerprint density at radius 2 is 2.11 bits per heavy atom. The first-order valence-electron chi connectivity index (χ1n) is 6.15. The highest BCUT2D eigenvalue weighted by molar-refractivity contribution is 7.91. The molecule has 0 aromatic heterocycles. The molecule has 0 saturated heterocycles. The van der Waals surface area contributed by atoms with Gasteiger partial charge >= 0.3 is 0 Å². The molecule has 2 aliphatic carbocycles. The Morgan fingerprint density at radius 3 is 2.58 bits per heavy atom. The Labute approximate surface area is 111 Å². The molecule has 2 unspecified atom stereocenters. The van der Waals surface area contributed by atoms with E-state index in [1.807, 2.05) is 4.72 Å². The lowest BCUT2D eigenvalue weighted by atomic mass is 10.1. The molecule has 0 aliphatic heterocycles. The number of nitrogens with one attached hydrogen (secondary N) is 2. The number of hydrogen-bond acceptors (Lipinski definition) is 4. The van der Waals surface area contributed by atoms with Crippen LogP contribution in [0.15, 0.2) is 0 Å². The molecule has 2 rings (SSSR count). The van der Waals surface area contributed by atoms with E-state index in [4.69, 9.17) is 0 Å². The predicted octanol–water partition coefficient (Wildman–Crippen LogP) is -0.151. The first-order valence-corrected chi connectivity index (χ1v) is 7.64. The van der Waals surface area contributed by atoms with Crippen LogP contribution in [0.4, 0.5) is 4.39 Å². The highest BCUT2D eigenvalue weighted by Crippen LogP contribution is 2.47. The molecule has 2 aliphatic rings. The van der Waals surface area contributed by atoms with Gasteiger partial charge in [0.15, 0.2) is 0 Å². The number of carbonyl (C=O) groups is 2. The first kappa shape index (κ1) is 14.2. The van der Waals surface area contributed by atoms with Gasteiger partial charge in [0.05, 0.1) is 11.4 Å². The van der Waals surface area contributed by atoms with Crippen molar-refractivity contribution in [3.63, 3.8) is 0 Å². The molecule has 8 heteroatoms. The molecule has 0 spiro atoms. The van der Waals surface area contributed by atoms with Gasteiger partial charge in [0.2, 0.25) is 16.4 Å². The largest absolute Gasteiger partial charge is 0.344 e. The number of carbonyl (C=O) groups excluding carboxylic acids is 2. The highest BCUT2D eigenvalue weighted by Gasteiger charge is 2.61. The maximum atomic E-state index is 12.3. The third-order valence-corrected chi connectivity index (χ3v) is 6.27. The summed E-state index contributed by atoms with van der Waals surface area (Å²) in [6, 6.07) is 0. The van der Waals surface area contributed by atoms with Gasteiger partial charge in [-0.2, -0.15) is 0 Å². The summed E-state index contributed by atoms with van der Waals surface area (Å²) in [6.45, 7) is 0.957. The molecule has 108 valence electrons. The average molecular weight is 292 g/mol. The standard InChI is InChI=1S/C11H17FN2O4S/c1-10(3-4-10)19(17,18)14-9(16)11(13-7-15)6-8(11)2-5-12/h7-8H,2-6H2,1H3,(H,13,15)(H,14,16). The van der Waals surface area contributed by atoms with Gasteiger partial charge in [-0.25, -0.2) is 8.42 Å². The summed E-state index contributed by atoms with van der Waals surface area (Å²) in [6.07, 6.45) is 1.78. The highest BCUT2D eigenvalue weighted by atomic mass is 32.2. The lowest BCUT2D eigenvalue weighted by Gasteiger charge is -2.18. The third kappa shape index (κ3) is 2.33. The van der Waals surface area contributed by atoms with Crippen LogP contribution < -0.4 is 10.0 Å². The van der Waals surface area contributed by atoms with E-state index in [1.54, 1.807) is 6.92 Å². The fraction of sp³-hybridized carbons (Fsp3) is 0.818. The number of hydrogen-bond donors (Lipinski definition) is 2. The Kier molecular flexibility index (Phi) is 3.32. The summed E-state index contributed by atoms with van der Waals surface area (Å²) >= 11 is 0. The molecule has 0 bridgehead atoms. The van der Waals surface area contributed by atoms with Crippen LogP contribution in [0.3, 0.4) is 0 Å². The van der Waals surface area contributed by atoms with Crippen molar-refractivity contribution in [2.24, 2.45) is 5.92 Å². The van der Waals surface area contributed by atoms with Crippen LogP contribution in [0.2, 0.25) is 0 Å². The van der Waals surface area contributed by atoms with Crippen molar-refractivity contribution in [3.8, 4) is 0 Å². The smallest absolute Gasteiger partial charge is 0.259 e. The Balaban J connectivity index is 2.08. The Morgan fingerprint density at radius 1 is 1.47 bits per heavy atom. The van der Waals surface area contributed by atoms with E-state index in [-0.39, 0.29) is 18.8 Å². The summed E-state index contributed by atoms with van der Waals surface area (Å²) in [4.78, 5) is 22.6. The normalized spacial score (nSPS) is 31.4. The predicted molar refractivity (Wildman–Crippen MR) is 65.3 cm³/mol. The number of alkyl halides is 1. The van der Waals surface area contributed by atoms with Crippen LogP contribution in [0, 0.1) is 5.92 Å². The van der Waals surface area contributed by atoms with Crippen molar-refractivity contribution >= 4 is 22.3 Å². The lowest BCUT2D eigenvalue weighted by molar-refractivity contribution is -0.125. The van der Waals surface area contributed by atoms with Gasteiger partial charge in [-0.1, -0.05) is 0 Å². The molecule has 0 aromatic carbocycles. The van der Waals surface area contributed by atoms with Crippen molar-refractivity contribution in [3.05, 3.63) is 0 Å². The Bertz CT molecular complexity index is 503. The Hall–Kier alpha value is -1.18. The summed E-state index contributed by atoms with van der Waals surface area (Å²) in [7, 11) is -3.73. The first-order chi connectivity index (χ1) is 8.81. The van der Waals surface area contributed by atoms with E-state index in [1.165, 1.54) is 0 Å². The topological polar surface area (TPSA) is 92.3 Å². The van der Waals surface area contributed by atoms with Crippen molar-refractivity contribution < 1.29 is 22.4 Å². The molecular formula is C11H17FN2O4S. The molecule has 2 amide bonds. The molecular weight excluding hydrogens is 275 g/mol. The van der Waals surface area contributed by atoms with Gasteiger partial charge in [0.25, 0.3) is 5.91 Å². The second-order valence-corrected chi connectivity index (χ2v) is 7.69. The summed E-state index contributed by atoms with van der Waals surface area (Å²) in [5.41, 5.74) is -1.26. The average Bonchev–Trinajstić information content (AvgIpc) is 3.19. The number of rotatable bonds is 7. The van der Waals surface area contributed by atoms with E-state index in [0.29, 0.717) is 19.3 Å². The quantitative estimate of drug-likeness (QED) is 0.638. The summed E-state index contributed by atoms with van der Waals surface area (Å²) in [5, 5.41) is 2.34. The number of amides is 2. The van der Waals surface area contributed by atoms with Crippen molar-refractivity contribution in [1.82, 2.24) is 10.0 Å². The van der Waals surface area contributed by atoms with Crippen molar-refractivity contribution in [2.75, 3.05) is 6.67 Å². The number of halogens is 1. The minimum atomic E-state index is -3.73. The van der Waals surface area contributed by atoms with Crippen molar-refractivity contribution in [2.45, 2.75) is 42.9 Å². The van der Waals surface area contributed by atoms with E-state index in [0.717, 1.165) is 0 Å². The molecule has 0 radical (unpaired) electrons. The minimum Gasteiger partial charge on any atom is -0.344 e. The van der Waals surface area contributed by atoms with Gasteiger partial charge in [-0.05, 0) is 38.5 Å². The molecule has 2 saturated carbocycles. The van der Waals surface area contributed by atoms with Crippen LogP contribution >= 0.6 is 0 Å². The zero-order chi connectivity index (χ0) is 14.3. The van der Waals surface area contributed by atoms with Gasteiger partial charge in [0, 0.05) is 0 Å². The minimum absolute atomic E-state index is 0.131. The molecule has 19 heavy (non-hydrogen) atoms. The van der Waals surface area contributed by atoms with Gasteiger partial charge < -0.3 is 5.32 Å². The van der Waals surface area contributed by atoms with Crippen LogP contribution in [-0.2, 0) is 19.6 Å². The number of sulfonamides is 1. The molecule has 2 atom stereocenters. The van der Waals surface area contributed by atoms with E-state index in [2.05, 4.69) is 5.32 Å². The third-order valence-electron chi connectivity index (χ3n) is 4.11.